The maximum Gasteiger partial charge on any atom is 0.246 e. The van der Waals surface area contributed by atoms with Gasteiger partial charge in [0, 0.05) is 24.8 Å². The van der Waals surface area contributed by atoms with E-state index in [1.54, 1.807) is 6.07 Å². The number of anilines is 1. The molecule has 0 saturated carbocycles. The number of ether oxygens (including phenoxy) is 2. The molecular formula is C20H25N3O7S2. The Morgan fingerprint density at radius 1 is 1.06 bits per heavy atom. The van der Waals surface area contributed by atoms with Crippen molar-refractivity contribution in [3.63, 3.8) is 0 Å². The number of carbonyl (C=O) groups is 1. The standard InChI is InChI=1S/C20H25N3O7S2/c1-29-16-7-10-18(30-2)19(12-16)32(27,28)23-11-3-4-14(13-23)20(24)22-15-5-8-17(9-6-15)31(21,25)26/h5-10,12,14H,3-4,11,13H2,1-2H3,(H,22,24)(H2,21,25,26)/t14-/m1/s1. The first-order chi connectivity index (χ1) is 15.1. The summed E-state index contributed by atoms with van der Waals surface area (Å²) in [6.07, 6.45) is 1.02. The van der Waals surface area contributed by atoms with Crippen LogP contribution in [0, 0.1) is 5.92 Å². The molecule has 0 aromatic heterocycles. The minimum Gasteiger partial charge on any atom is -0.497 e. The minimum absolute atomic E-state index is 0.00376. The number of rotatable bonds is 7. The molecule has 0 bridgehead atoms. The van der Waals surface area contributed by atoms with E-state index >= 15 is 0 Å². The van der Waals surface area contributed by atoms with Crippen molar-refractivity contribution < 1.29 is 31.1 Å². The largest absolute Gasteiger partial charge is 0.497 e. The van der Waals surface area contributed by atoms with Gasteiger partial charge in [-0.25, -0.2) is 22.0 Å². The molecule has 1 aliphatic heterocycles. The van der Waals surface area contributed by atoms with E-state index in [0.717, 1.165) is 0 Å². The van der Waals surface area contributed by atoms with Crippen molar-refractivity contribution in [1.29, 1.82) is 0 Å². The van der Waals surface area contributed by atoms with Crippen LogP contribution >= 0.6 is 0 Å². The fraction of sp³-hybridized carbons (Fsp3) is 0.350. The van der Waals surface area contributed by atoms with Crippen molar-refractivity contribution in [1.82, 2.24) is 4.31 Å². The normalized spacial score (nSPS) is 17.5. The van der Waals surface area contributed by atoms with Crippen LogP contribution in [0.4, 0.5) is 5.69 Å². The number of primary sulfonamides is 1. The van der Waals surface area contributed by atoms with Crippen LogP contribution in [-0.4, -0.2) is 54.4 Å². The minimum atomic E-state index is -3.93. The molecule has 0 radical (unpaired) electrons. The summed E-state index contributed by atoms with van der Waals surface area (Å²) >= 11 is 0. The second kappa shape index (κ2) is 9.45. The maximum absolute atomic E-state index is 13.3. The Bertz CT molecular complexity index is 1200. The highest BCUT2D eigenvalue weighted by Crippen LogP contribution is 2.33. The van der Waals surface area contributed by atoms with Crippen molar-refractivity contribution >= 4 is 31.6 Å². The van der Waals surface area contributed by atoms with Crippen LogP contribution in [0.25, 0.3) is 0 Å². The fourth-order valence-corrected chi connectivity index (χ4v) is 5.68. The monoisotopic (exact) mass is 483 g/mol. The number of hydrogen-bond acceptors (Lipinski definition) is 7. The zero-order valence-corrected chi connectivity index (χ0v) is 19.3. The first kappa shape index (κ1) is 24.0. The number of hydrogen-bond donors (Lipinski definition) is 2. The van der Waals surface area contributed by atoms with E-state index in [1.165, 1.54) is 54.9 Å². The van der Waals surface area contributed by atoms with E-state index < -0.39 is 26.0 Å². The predicted octanol–water partition coefficient (Wildman–Crippen LogP) is 1.39. The van der Waals surface area contributed by atoms with Crippen molar-refractivity contribution in [2.75, 3.05) is 32.6 Å². The summed E-state index contributed by atoms with van der Waals surface area (Å²) in [5.41, 5.74) is 0.386. The lowest BCUT2D eigenvalue weighted by atomic mass is 9.99. The molecule has 2 aromatic carbocycles. The van der Waals surface area contributed by atoms with Gasteiger partial charge in [0.15, 0.2) is 0 Å². The van der Waals surface area contributed by atoms with Gasteiger partial charge >= 0.3 is 0 Å². The van der Waals surface area contributed by atoms with E-state index in [9.17, 15) is 21.6 Å². The second-order valence-corrected chi connectivity index (χ2v) is 10.7. The lowest BCUT2D eigenvalue weighted by Crippen LogP contribution is -2.43. The molecule has 1 heterocycles. The zero-order valence-electron chi connectivity index (χ0n) is 17.6. The number of benzene rings is 2. The molecule has 1 atom stereocenters. The highest BCUT2D eigenvalue weighted by Gasteiger charge is 2.35. The third kappa shape index (κ3) is 5.21. The SMILES string of the molecule is COc1ccc(OC)c(S(=O)(=O)N2CCC[C@@H](C(=O)Nc3ccc(S(N)(=O)=O)cc3)C2)c1. The molecule has 0 aliphatic carbocycles. The Morgan fingerprint density at radius 3 is 2.34 bits per heavy atom. The number of sulfonamides is 2. The van der Waals surface area contributed by atoms with Gasteiger partial charge in [0.2, 0.25) is 26.0 Å². The van der Waals surface area contributed by atoms with Gasteiger partial charge in [0.1, 0.15) is 16.4 Å². The van der Waals surface area contributed by atoms with Crippen molar-refractivity contribution in [3.05, 3.63) is 42.5 Å². The molecule has 2 aromatic rings. The molecule has 10 nitrogen and oxygen atoms in total. The number of methoxy groups -OCH3 is 2. The zero-order chi connectivity index (χ0) is 23.5. The van der Waals surface area contributed by atoms with Gasteiger partial charge in [-0.2, -0.15) is 4.31 Å². The highest BCUT2D eigenvalue weighted by molar-refractivity contribution is 7.89. The van der Waals surface area contributed by atoms with E-state index in [1.807, 2.05) is 0 Å². The number of piperidine rings is 1. The van der Waals surface area contributed by atoms with Gasteiger partial charge in [-0.3, -0.25) is 4.79 Å². The summed E-state index contributed by atoms with van der Waals surface area (Å²) in [7, 11) is -4.94. The molecule has 12 heteroatoms. The average Bonchev–Trinajstić information content (AvgIpc) is 2.78. The quantitative estimate of drug-likeness (QED) is 0.605. The molecule has 1 saturated heterocycles. The van der Waals surface area contributed by atoms with Gasteiger partial charge < -0.3 is 14.8 Å². The van der Waals surface area contributed by atoms with Crippen LogP contribution in [0.1, 0.15) is 12.8 Å². The van der Waals surface area contributed by atoms with Gasteiger partial charge in [-0.15, -0.1) is 0 Å². The van der Waals surface area contributed by atoms with Crippen molar-refractivity contribution in [2.24, 2.45) is 11.1 Å². The molecule has 1 aliphatic rings. The summed E-state index contributed by atoms with van der Waals surface area (Å²) < 4.78 is 60.9. The topological polar surface area (TPSA) is 145 Å². The number of nitrogens with two attached hydrogens (primary N) is 1. The van der Waals surface area contributed by atoms with E-state index in [-0.39, 0.29) is 34.5 Å². The fourth-order valence-electron chi connectivity index (χ4n) is 3.47. The number of nitrogens with zero attached hydrogens (tertiary/aromatic N) is 1. The molecule has 3 rings (SSSR count). The Balaban J connectivity index is 1.77. The van der Waals surface area contributed by atoms with Gasteiger partial charge in [0.05, 0.1) is 25.0 Å². The summed E-state index contributed by atoms with van der Waals surface area (Å²) in [6.45, 7) is 0.277. The molecule has 0 spiro atoms. The molecule has 3 N–H and O–H groups in total. The summed E-state index contributed by atoms with van der Waals surface area (Å²) in [5.74, 6) is -0.371. The van der Waals surface area contributed by atoms with Crippen LogP contribution < -0.4 is 19.9 Å². The smallest absolute Gasteiger partial charge is 0.246 e. The van der Waals surface area contributed by atoms with E-state index in [0.29, 0.717) is 24.3 Å². The van der Waals surface area contributed by atoms with Crippen molar-refractivity contribution in [2.45, 2.75) is 22.6 Å². The predicted molar refractivity (Wildman–Crippen MR) is 117 cm³/mol. The summed E-state index contributed by atoms with van der Waals surface area (Å²) in [6, 6.07) is 9.95. The van der Waals surface area contributed by atoms with Crippen LogP contribution in [0.5, 0.6) is 11.5 Å². The Labute approximate surface area is 187 Å². The number of carbonyl (C=O) groups excluding carboxylic acids is 1. The van der Waals surface area contributed by atoms with Crippen molar-refractivity contribution in [3.8, 4) is 11.5 Å². The molecular weight excluding hydrogens is 458 g/mol. The molecule has 0 unspecified atom stereocenters. The number of nitrogens with one attached hydrogen (secondary N) is 1. The van der Waals surface area contributed by atoms with Gasteiger partial charge in [-0.1, -0.05) is 0 Å². The lowest BCUT2D eigenvalue weighted by molar-refractivity contribution is -0.120. The Morgan fingerprint density at radius 2 is 1.75 bits per heavy atom. The van der Waals surface area contributed by atoms with Gasteiger partial charge in [-0.05, 0) is 49.2 Å². The highest BCUT2D eigenvalue weighted by atomic mass is 32.2. The maximum atomic E-state index is 13.3. The third-order valence-corrected chi connectivity index (χ3v) is 8.01. The second-order valence-electron chi connectivity index (χ2n) is 7.28. The Hall–Kier alpha value is -2.67. The molecule has 32 heavy (non-hydrogen) atoms. The van der Waals surface area contributed by atoms with Gasteiger partial charge in [0.25, 0.3) is 0 Å². The van der Waals surface area contributed by atoms with E-state index in [2.05, 4.69) is 5.32 Å². The van der Waals surface area contributed by atoms with Crippen LogP contribution in [0.2, 0.25) is 0 Å². The molecule has 174 valence electrons. The van der Waals surface area contributed by atoms with E-state index in [4.69, 9.17) is 14.6 Å². The first-order valence-corrected chi connectivity index (χ1v) is 12.7. The third-order valence-electron chi connectivity index (χ3n) is 5.19. The number of amides is 1. The molecule has 1 fully saturated rings. The van der Waals surface area contributed by atoms with Crippen LogP contribution in [0.3, 0.4) is 0 Å². The lowest BCUT2D eigenvalue weighted by Gasteiger charge is -2.31. The Kier molecular flexibility index (Phi) is 7.08. The summed E-state index contributed by atoms with van der Waals surface area (Å²) in [4.78, 5) is 12.7. The average molecular weight is 484 g/mol. The first-order valence-electron chi connectivity index (χ1n) is 9.72. The van der Waals surface area contributed by atoms with Crippen LogP contribution in [-0.2, 0) is 24.8 Å². The molecule has 1 amide bonds. The summed E-state index contributed by atoms with van der Waals surface area (Å²) in [5, 5.41) is 7.78. The van der Waals surface area contributed by atoms with Crippen LogP contribution in [0.15, 0.2) is 52.3 Å².